The number of nitrogens with one attached hydrogen (secondary N) is 1. The predicted octanol–water partition coefficient (Wildman–Crippen LogP) is 5.87. The van der Waals surface area contributed by atoms with Gasteiger partial charge in [-0.25, -0.2) is 9.07 Å². The van der Waals surface area contributed by atoms with Crippen LogP contribution in [0.3, 0.4) is 0 Å². The molecule has 0 spiro atoms. The quantitative estimate of drug-likeness (QED) is 0.500. The van der Waals surface area contributed by atoms with E-state index >= 15 is 0 Å². The molecule has 0 bridgehead atoms. The van der Waals surface area contributed by atoms with Gasteiger partial charge >= 0.3 is 0 Å². The van der Waals surface area contributed by atoms with Gasteiger partial charge in [-0.1, -0.05) is 17.7 Å². The van der Waals surface area contributed by atoms with Gasteiger partial charge in [0.1, 0.15) is 5.82 Å². The van der Waals surface area contributed by atoms with Crippen LogP contribution in [-0.4, -0.2) is 9.78 Å². The molecule has 3 nitrogen and oxygen atoms in total. The van der Waals surface area contributed by atoms with Gasteiger partial charge < -0.3 is 5.32 Å². The van der Waals surface area contributed by atoms with E-state index in [2.05, 4.69) is 10.4 Å². The summed E-state index contributed by atoms with van der Waals surface area (Å²) in [5, 5.41) is 9.46. The first-order valence-electron chi connectivity index (χ1n) is 7.87. The summed E-state index contributed by atoms with van der Waals surface area (Å²) < 4.78 is 15.3. The van der Waals surface area contributed by atoms with E-state index in [1.165, 1.54) is 6.07 Å². The molecule has 1 N–H and O–H groups in total. The molecule has 0 aliphatic heterocycles. The van der Waals surface area contributed by atoms with E-state index in [0.717, 1.165) is 28.0 Å². The van der Waals surface area contributed by atoms with Gasteiger partial charge in [0.05, 0.1) is 17.4 Å². The molecule has 0 radical (unpaired) electrons. The van der Waals surface area contributed by atoms with Crippen molar-refractivity contribution < 1.29 is 4.39 Å². The van der Waals surface area contributed by atoms with Crippen molar-refractivity contribution in [1.29, 1.82) is 0 Å². The van der Waals surface area contributed by atoms with E-state index in [9.17, 15) is 4.39 Å². The van der Waals surface area contributed by atoms with Crippen LogP contribution in [0.25, 0.3) is 16.6 Å². The first-order chi connectivity index (χ1) is 12.1. The summed E-state index contributed by atoms with van der Waals surface area (Å²) in [6.07, 6.45) is 1.80. The van der Waals surface area contributed by atoms with Crippen molar-refractivity contribution in [3.05, 3.63) is 83.3 Å². The van der Waals surface area contributed by atoms with Crippen LogP contribution in [0.15, 0.2) is 66.9 Å². The third-order valence-corrected chi connectivity index (χ3v) is 4.30. The highest BCUT2D eigenvalue weighted by molar-refractivity contribution is 6.30. The fourth-order valence-electron chi connectivity index (χ4n) is 2.81. The van der Waals surface area contributed by atoms with Crippen LogP contribution in [0.5, 0.6) is 0 Å². The molecule has 0 aliphatic rings. The molecule has 0 aliphatic carbocycles. The zero-order valence-corrected chi connectivity index (χ0v) is 14.3. The minimum absolute atomic E-state index is 0.215. The molecule has 5 heteroatoms. The molecule has 1 aromatic heterocycles. The monoisotopic (exact) mass is 351 g/mol. The van der Waals surface area contributed by atoms with Crippen molar-refractivity contribution in [2.75, 3.05) is 5.32 Å². The summed E-state index contributed by atoms with van der Waals surface area (Å²) in [7, 11) is 0. The summed E-state index contributed by atoms with van der Waals surface area (Å²) in [5.41, 5.74) is 4.27. The average molecular weight is 352 g/mol. The Morgan fingerprint density at radius 3 is 2.64 bits per heavy atom. The molecule has 1 heterocycles. The van der Waals surface area contributed by atoms with Gasteiger partial charge in [0.15, 0.2) is 0 Å². The molecule has 4 aromatic rings. The number of nitrogens with zero attached hydrogens (tertiary/aromatic N) is 2. The standard InChI is InChI=1S/C20H15ClFN3/c1-13-9-18(6-7-19(13)22)25-20-8-5-17(10-14(20)12-23-25)24-16-4-2-3-15(21)11-16/h2-12,24H,1H3. The fraction of sp³-hybridized carbons (Fsp3) is 0.0500. The fourth-order valence-corrected chi connectivity index (χ4v) is 3.00. The molecule has 0 saturated carbocycles. The number of halogens is 2. The molecule has 4 rings (SSSR count). The number of hydrogen-bond acceptors (Lipinski definition) is 2. The van der Waals surface area contributed by atoms with Crippen molar-refractivity contribution in [3.63, 3.8) is 0 Å². The van der Waals surface area contributed by atoms with Gasteiger partial charge in [0, 0.05) is 21.8 Å². The third kappa shape index (κ3) is 3.08. The van der Waals surface area contributed by atoms with Crippen molar-refractivity contribution in [1.82, 2.24) is 9.78 Å². The van der Waals surface area contributed by atoms with Gasteiger partial charge in [-0.2, -0.15) is 5.10 Å². The Bertz CT molecular complexity index is 1070. The second kappa shape index (κ2) is 6.22. The summed E-state index contributed by atoms with van der Waals surface area (Å²) in [6, 6.07) is 18.6. The first kappa shape index (κ1) is 15.7. The molecule has 124 valence electrons. The summed E-state index contributed by atoms with van der Waals surface area (Å²) >= 11 is 6.02. The van der Waals surface area contributed by atoms with Gasteiger partial charge in [-0.05, 0) is 67.1 Å². The van der Waals surface area contributed by atoms with E-state index in [4.69, 9.17) is 11.6 Å². The van der Waals surface area contributed by atoms with Gasteiger partial charge in [-0.15, -0.1) is 0 Å². The maximum Gasteiger partial charge on any atom is 0.126 e. The Balaban J connectivity index is 1.70. The number of fused-ring (bicyclic) bond motifs is 1. The first-order valence-corrected chi connectivity index (χ1v) is 8.25. The van der Waals surface area contributed by atoms with Crippen molar-refractivity contribution in [2.24, 2.45) is 0 Å². The van der Waals surface area contributed by atoms with E-state index in [1.807, 2.05) is 47.1 Å². The van der Waals surface area contributed by atoms with Crippen LogP contribution in [0.1, 0.15) is 5.56 Å². The maximum atomic E-state index is 13.5. The Hall–Kier alpha value is -2.85. The number of rotatable bonds is 3. The summed E-state index contributed by atoms with van der Waals surface area (Å²) in [6.45, 7) is 1.75. The maximum absolute atomic E-state index is 13.5. The zero-order valence-electron chi connectivity index (χ0n) is 13.5. The normalized spacial score (nSPS) is 11.0. The molecule has 0 saturated heterocycles. The molecule has 3 aromatic carbocycles. The molecule has 25 heavy (non-hydrogen) atoms. The van der Waals surface area contributed by atoms with Crippen LogP contribution in [0.4, 0.5) is 15.8 Å². The lowest BCUT2D eigenvalue weighted by molar-refractivity contribution is 0.617. The van der Waals surface area contributed by atoms with E-state index in [1.54, 1.807) is 25.3 Å². The summed E-state index contributed by atoms with van der Waals surface area (Å²) in [4.78, 5) is 0. The van der Waals surface area contributed by atoms with Crippen molar-refractivity contribution >= 4 is 33.9 Å². The van der Waals surface area contributed by atoms with E-state index in [0.29, 0.717) is 10.6 Å². The molecule has 0 unspecified atom stereocenters. The number of hydrogen-bond donors (Lipinski definition) is 1. The Morgan fingerprint density at radius 1 is 1.00 bits per heavy atom. The summed E-state index contributed by atoms with van der Waals surface area (Å²) in [5.74, 6) is -0.215. The Labute approximate surface area is 149 Å². The van der Waals surface area contributed by atoms with Crippen LogP contribution in [-0.2, 0) is 0 Å². The predicted molar refractivity (Wildman–Crippen MR) is 100 cm³/mol. The number of anilines is 2. The Kier molecular flexibility index (Phi) is 3.90. The van der Waals surface area contributed by atoms with E-state index in [-0.39, 0.29) is 5.82 Å². The molecule has 0 amide bonds. The average Bonchev–Trinajstić information content (AvgIpc) is 3.00. The highest BCUT2D eigenvalue weighted by atomic mass is 35.5. The van der Waals surface area contributed by atoms with Crippen molar-refractivity contribution in [3.8, 4) is 5.69 Å². The number of aromatic nitrogens is 2. The number of benzene rings is 3. The van der Waals surface area contributed by atoms with Gasteiger partial charge in [-0.3, -0.25) is 0 Å². The third-order valence-electron chi connectivity index (χ3n) is 4.07. The lowest BCUT2D eigenvalue weighted by Crippen LogP contribution is -1.97. The van der Waals surface area contributed by atoms with Crippen LogP contribution in [0, 0.1) is 12.7 Å². The van der Waals surface area contributed by atoms with Crippen LogP contribution < -0.4 is 5.32 Å². The van der Waals surface area contributed by atoms with Crippen molar-refractivity contribution in [2.45, 2.75) is 6.92 Å². The highest BCUT2D eigenvalue weighted by Crippen LogP contribution is 2.26. The largest absolute Gasteiger partial charge is 0.355 e. The molecule has 0 atom stereocenters. The second-order valence-corrected chi connectivity index (χ2v) is 6.34. The van der Waals surface area contributed by atoms with Gasteiger partial charge in [0.2, 0.25) is 0 Å². The minimum Gasteiger partial charge on any atom is -0.355 e. The smallest absolute Gasteiger partial charge is 0.126 e. The molecular weight excluding hydrogens is 337 g/mol. The number of aryl methyl sites for hydroxylation is 1. The van der Waals surface area contributed by atoms with Gasteiger partial charge in [0.25, 0.3) is 0 Å². The lowest BCUT2D eigenvalue weighted by Gasteiger charge is -2.08. The van der Waals surface area contributed by atoms with Crippen LogP contribution >= 0.6 is 11.6 Å². The highest BCUT2D eigenvalue weighted by Gasteiger charge is 2.08. The SMILES string of the molecule is Cc1cc(-n2ncc3cc(Nc4cccc(Cl)c4)ccc32)ccc1F. The molecule has 0 fully saturated rings. The zero-order chi connectivity index (χ0) is 17.4. The minimum atomic E-state index is -0.215. The van der Waals surface area contributed by atoms with Crippen LogP contribution in [0.2, 0.25) is 5.02 Å². The molecular formula is C20H15ClFN3. The topological polar surface area (TPSA) is 29.9 Å². The lowest BCUT2D eigenvalue weighted by atomic mass is 10.2. The van der Waals surface area contributed by atoms with E-state index < -0.39 is 0 Å². The second-order valence-electron chi connectivity index (χ2n) is 5.90. The Morgan fingerprint density at radius 2 is 1.84 bits per heavy atom.